The van der Waals surface area contributed by atoms with Gasteiger partial charge in [-0.15, -0.1) is 0 Å². The van der Waals surface area contributed by atoms with Crippen molar-refractivity contribution in [2.24, 2.45) is 0 Å². The van der Waals surface area contributed by atoms with Crippen LogP contribution in [-0.4, -0.2) is 32.3 Å². The fourth-order valence-corrected chi connectivity index (χ4v) is 2.96. The van der Waals surface area contributed by atoms with Gasteiger partial charge in [-0.2, -0.15) is 4.98 Å². The lowest BCUT2D eigenvalue weighted by atomic mass is 10.0. The minimum absolute atomic E-state index is 0.0336. The second-order valence-corrected chi connectivity index (χ2v) is 6.62. The molecule has 1 unspecified atom stereocenters. The van der Waals surface area contributed by atoms with E-state index in [-0.39, 0.29) is 30.6 Å². The molecular formula is C19H25FN4O3. The van der Waals surface area contributed by atoms with Crippen molar-refractivity contribution < 1.29 is 19.5 Å². The Hall–Kier alpha value is -2.74. The van der Waals surface area contributed by atoms with Crippen molar-refractivity contribution in [2.45, 2.75) is 52.5 Å². The van der Waals surface area contributed by atoms with Crippen molar-refractivity contribution in [1.29, 1.82) is 0 Å². The average Bonchev–Trinajstić information content (AvgIpc) is 2.57. The second-order valence-electron chi connectivity index (χ2n) is 6.62. The van der Waals surface area contributed by atoms with Gasteiger partial charge in [0.15, 0.2) is 5.82 Å². The van der Waals surface area contributed by atoms with Gasteiger partial charge in [-0.1, -0.05) is 25.5 Å². The number of hydrogen-bond acceptors (Lipinski definition) is 6. The third-order valence-electron chi connectivity index (χ3n) is 4.39. The van der Waals surface area contributed by atoms with Crippen LogP contribution >= 0.6 is 0 Å². The summed E-state index contributed by atoms with van der Waals surface area (Å²) >= 11 is 0. The van der Waals surface area contributed by atoms with Crippen LogP contribution in [0.4, 0.5) is 16.2 Å². The number of hydroxylamine groups is 1. The number of aliphatic carboxylic acids is 1. The predicted octanol–water partition coefficient (Wildman–Crippen LogP) is 3.11. The van der Waals surface area contributed by atoms with Crippen molar-refractivity contribution in [1.82, 2.24) is 9.97 Å². The minimum atomic E-state index is -1.02. The largest absolute Gasteiger partial charge is 0.481 e. The third-order valence-corrected chi connectivity index (χ3v) is 4.39. The molecule has 1 aromatic carbocycles. The summed E-state index contributed by atoms with van der Waals surface area (Å²) in [7, 11) is 0. The molecule has 1 aromatic heterocycles. The molecule has 27 heavy (non-hydrogen) atoms. The summed E-state index contributed by atoms with van der Waals surface area (Å²) in [4.78, 5) is 19.1. The molecule has 1 atom stereocenters. The van der Waals surface area contributed by atoms with Crippen LogP contribution < -0.4 is 10.8 Å². The Morgan fingerprint density at radius 2 is 2.07 bits per heavy atom. The van der Waals surface area contributed by atoms with E-state index < -0.39 is 11.8 Å². The Labute approximate surface area is 157 Å². The van der Waals surface area contributed by atoms with E-state index in [2.05, 4.69) is 9.97 Å². The summed E-state index contributed by atoms with van der Waals surface area (Å²) in [5, 5.41) is 20.5. The number of carboxylic acid groups (broad SMARTS) is 1. The molecule has 0 amide bonds. The lowest BCUT2D eigenvalue weighted by Crippen LogP contribution is -2.31. The van der Waals surface area contributed by atoms with E-state index in [0.29, 0.717) is 22.4 Å². The van der Waals surface area contributed by atoms with Crippen LogP contribution in [0, 0.1) is 12.7 Å². The van der Waals surface area contributed by atoms with Gasteiger partial charge >= 0.3 is 5.97 Å². The number of aromatic nitrogens is 2. The highest BCUT2D eigenvalue weighted by molar-refractivity contribution is 5.70. The molecule has 2 aromatic rings. The van der Waals surface area contributed by atoms with Crippen LogP contribution in [0.5, 0.6) is 0 Å². The molecule has 8 heteroatoms. The van der Waals surface area contributed by atoms with Gasteiger partial charge in [-0.05, 0) is 37.5 Å². The first kappa shape index (κ1) is 20.6. The molecule has 0 aliphatic rings. The van der Waals surface area contributed by atoms with Gasteiger partial charge in [0.05, 0.1) is 12.5 Å². The molecule has 0 bridgehead atoms. The lowest BCUT2D eigenvalue weighted by Gasteiger charge is -2.26. The Morgan fingerprint density at radius 1 is 1.37 bits per heavy atom. The molecule has 0 aliphatic carbocycles. The zero-order chi connectivity index (χ0) is 20.1. The van der Waals surface area contributed by atoms with Crippen LogP contribution in [0.3, 0.4) is 0 Å². The fraction of sp³-hybridized carbons (Fsp3) is 0.421. The molecule has 0 saturated carbocycles. The Kier molecular flexibility index (Phi) is 6.68. The molecule has 7 nitrogen and oxygen atoms in total. The zero-order valence-electron chi connectivity index (χ0n) is 15.7. The van der Waals surface area contributed by atoms with Crippen LogP contribution in [-0.2, 0) is 17.6 Å². The topological polar surface area (TPSA) is 113 Å². The van der Waals surface area contributed by atoms with Crippen LogP contribution in [0.25, 0.3) is 0 Å². The monoisotopic (exact) mass is 376 g/mol. The summed E-state index contributed by atoms with van der Waals surface area (Å²) in [6.45, 7) is 5.60. The van der Waals surface area contributed by atoms with Gasteiger partial charge in [-0.25, -0.2) is 14.4 Å². The normalized spacial score (nSPS) is 12.0. The number of benzene rings is 1. The standard InChI is InChI=1S/C19H25FN4O3/c1-4-5-11(2)24(27)18-15(12(3)22-19(21)23-18)10-14-7-6-13(8-16(14)20)9-17(25)26/h6-8,11,27H,4-5,9-10H2,1-3H3,(H,25,26)(H2,21,22,23). The highest BCUT2D eigenvalue weighted by Gasteiger charge is 2.21. The number of carbonyl (C=O) groups is 1. The molecule has 1 heterocycles. The maximum Gasteiger partial charge on any atom is 0.307 e. The Bertz CT molecular complexity index is 829. The maximum atomic E-state index is 14.5. The summed E-state index contributed by atoms with van der Waals surface area (Å²) in [5.41, 5.74) is 7.60. The van der Waals surface area contributed by atoms with Crippen molar-refractivity contribution in [3.63, 3.8) is 0 Å². The molecule has 4 N–H and O–H groups in total. The summed E-state index contributed by atoms with van der Waals surface area (Å²) < 4.78 is 14.5. The van der Waals surface area contributed by atoms with E-state index in [1.54, 1.807) is 19.1 Å². The van der Waals surface area contributed by atoms with Crippen LogP contribution in [0.1, 0.15) is 49.1 Å². The van der Waals surface area contributed by atoms with Gasteiger partial charge in [0.1, 0.15) is 5.82 Å². The number of anilines is 2. The maximum absolute atomic E-state index is 14.5. The lowest BCUT2D eigenvalue weighted by molar-refractivity contribution is -0.136. The predicted molar refractivity (Wildman–Crippen MR) is 100 cm³/mol. The van der Waals surface area contributed by atoms with Crippen molar-refractivity contribution in [3.05, 3.63) is 46.4 Å². The van der Waals surface area contributed by atoms with Crippen molar-refractivity contribution in [2.75, 3.05) is 10.8 Å². The van der Waals surface area contributed by atoms with Crippen molar-refractivity contribution >= 4 is 17.7 Å². The van der Waals surface area contributed by atoms with Crippen molar-refractivity contribution in [3.8, 4) is 0 Å². The first-order valence-electron chi connectivity index (χ1n) is 8.83. The highest BCUT2D eigenvalue weighted by atomic mass is 19.1. The van der Waals surface area contributed by atoms with E-state index in [9.17, 15) is 14.4 Å². The molecule has 2 rings (SSSR count). The number of halogens is 1. The molecule has 0 aliphatic heterocycles. The quantitative estimate of drug-likeness (QED) is 0.607. The van der Waals surface area contributed by atoms with E-state index in [1.807, 2.05) is 13.8 Å². The number of carboxylic acids is 1. The summed E-state index contributed by atoms with van der Waals surface area (Å²) in [5.74, 6) is -1.24. The fourth-order valence-electron chi connectivity index (χ4n) is 2.96. The zero-order valence-corrected chi connectivity index (χ0v) is 15.7. The molecule has 0 radical (unpaired) electrons. The van der Waals surface area contributed by atoms with E-state index in [0.717, 1.165) is 17.9 Å². The smallest absolute Gasteiger partial charge is 0.307 e. The van der Waals surface area contributed by atoms with E-state index in [1.165, 1.54) is 6.07 Å². The minimum Gasteiger partial charge on any atom is -0.481 e. The van der Waals surface area contributed by atoms with Crippen LogP contribution in [0.15, 0.2) is 18.2 Å². The Morgan fingerprint density at radius 3 is 2.67 bits per heavy atom. The van der Waals surface area contributed by atoms with Gasteiger partial charge in [0.25, 0.3) is 0 Å². The number of hydrogen-bond donors (Lipinski definition) is 3. The number of nitrogen functional groups attached to an aromatic ring is 1. The first-order chi connectivity index (χ1) is 12.7. The summed E-state index contributed by atoms with van der Waals surface area (Å²) in [6, 6.07) is 4.15. The molecule has 146 valence electrons. The molecule has 0 spiro atoms. The van der Waals surface area contributed by atoms with E-state index in [4.69, 9.17) is 10.8 Å². The highest BCUT2D eigenvalue weighted by Crippen LogP contribution is 2.27. The van der Waals surface area contributed by atoms with Gasteiger partial charge in [0, 0.05) is 17.7 Å². The number of nitrogens with two attached hydrogens (primary N) is 1. The third kappa shape index (κ3) is 5.13. The second kappa shape index (κ2) is 8.77. The van der Waals surface area contributed by atoms with Gasteiger partial charge in [-0.3, -0.25) is 10.0 Å². The summed E-state index contributed by atoms with van der Waals surface area (Å²) in [6.07, 6.45) is 1.53. The molecule has 0 fully saturated rings. The first-order valence-corrected chi connectivity index (χ1v) is 8.83. The van der Waals surface area contributed by atoms with E-state index >= 15 is 0 Å². The average molecular weight is 376 g/mol. The molecular weight excluding hydrogens is 351 g/mol. The van der Waals surface area contributed by atoms with Gasteiger partial charge < -0.3 is 10.8 Å². The van der Waals surface area contributed by atoms with Gasteiger partial charge in [0.2, 0.25) is 5.95 Å². The number of nitrogens with zero attached hydrogens (tertiary/aromatic N) is 3. The molecule has 0 saturated heterocycles. The van der Waals surface area contributed by atoms with Crippen LogP contribution in [0.2, 0.25) is 0 Å². The SMILES string of the molecule is CCCC(C)N(O)c1nc(N)nc(C)c1Cc1ccc(CC(=O)O)cc1F. The Balaban J connectivity index is 2.39. The number of aryl methyl sites for hydroxylation is 1. The number of rotatable bonds is 8.